The molecule has 1 aromatic heterocycles. The fourth-order valence-electron chi connectivity index (χ4n) is 1.67. The van der Waals surface area contributed by atoms with Gasteiger partial charge in [0.1, 0.15) is 0 Å². The Bertz CT molecular complexity index is 581. The number of rotatable bonds is 4. The number of benzene rings is 1. The van der Waals surface area contributed by atoms with Crippen molar-refractivity contribution in [3.8, 4) is 0 Å². The number of hydrogen-bond acceptors (Lipinski definition) is 4. The summed E-state index contributed by atoms with van der Waals surface area (Å²) in [4.78, 5) is 21.2. The zero-order valence-corrected chi connectivity index (χ0v) is 10.9. The van der Waals surface area contributed by atoms with E-state index in [2.05, 4.69) is 9.97 Å². The van der Waals surface area contributed by atoms with Crippen LogP contribution in [0.3, 0.4) is 0 Å². The first-order chi connectivity index (χ1) is 9.11. The van der Waals surface area contributed by atoms with Crippen molar-refractivity contribution >= 4 is 17.6 Å². The molecule has 19 heavy (non-hydrogen) atoms. The molecule has 0 aliphatic heterocycles. The fraction of sp³-hybridized carbons (Fsp3) is 0.214. The molecule has 0 saturated heterocycles. The standard InChI is InChI=1S/C14H15N3O2/c1-3-10-8-15-14(16-9-10)17(2)12-6-4-5-11(7-12)13(18)19/h4-9H,3H2,1-2H3,(H,18,19). The van der Waals surface area contributed by atoms with Gasteiger partial charge in [0.25, 0.3) is 0 Å². The van der Waals surface area contributed by atoms with E-state index < -0.39 is 5.97 Å². The lowest BCUT2D eigenvalue weighted by molar-refractivity contribution is 0.0697. The maximum absolute atomic E-state index is 10.9. The molecule has 0 spiro atoms. The van der Waals surface area contributed by atoms with E-state index in [1.807, 2.05) is 20.0 Å². The summed E-state index contributed by atoms with van der Waals surface area (Å²) in [6.45, 7) is 2.04. The normalized spacial score (nSPS) is 10.2. The second-order valence-corrected chi connectivity index (χ2v) is 4.16. The third-order valence-corrected chi connectivity index (χ3v) is 2.88. The minimum Gasteiger partial charge on any atom is -0.478 e. The second kappa shape index (κ2) is 5.48. The highest BCUT2D eigenvalue weighted by Gasteiger charge is 2.09. The number of carboxylic acid groups (broad SMARTS) is 1. The summed E-state index contributed by atoms with van der Waals surface area (Å²) in [7, 11) is 1.81. The highest BCUT2D eigenvalue weighted by atomic mass is 16.4. The SMILES string of the molecule is CCc1cnc(N(C)c2cccc(C(=O)O)c2)nc1. The zero-order chi connectivity index (χ0) is 13.8. The number of nitrogens with zero attached hydrogens (tertiary/aromatic N) is 3. The lowest BCUT2D eigenvalue weighted by atomic mass is 10.2. The zero-order valence-electron chi connectivity index (χ0n) is 10.9. The largest absolute Gasteiger partial charge is 0.478 e. The van der Waals surface area contributed by atoms with Gasteiger partial charge in [-0.25, -0.2) is 14.8 Å². The maximum Gasteiger partial charge on any atom is 0.335 e. The highest BCUT2D eigenvalue weighted by Crippen LogP contribution is 2.20. The molecule has 2 rings (SSSR count). The highest BCUT2D eigenvalue weighted by molar-refractivity contribution is 5.89. The predicted octanol–water partition coefficient (Wildman–Crippen LogP) is 2.51. The first-order valence-corrected chi connectivity index (χ1v) is 6.00. The van der Waals surface area contributed by atoms with Gasteiger partial charge in [0, 0.05) is 25.1 Å². The van der Waals surface area contributed by atoms with Crippen molar-refractivity contribution in [3.05, 3.63) is 47.8 Å². The Balaban J connectivity index is 2.29. The molecule has 1 N–H and O–H groups in total. The maximum atomic E-state index is 10.9. The van der Waals surface area contributed by atoms with Crippen LogP contribution in [0, 0.1) is 0 Å². The van der Waals surface area contributed by atoms with Crippen molar-refractivity contribution in [2.24, 2.45) is 0 Å². The van der Waals surface area contributed by atoms with Crippen LogP contribution in [0.25, 0.3) is 0 Å². The Morgan fingerprint density at radius 1 is 1.32 bits per heavy atom. The van der Waals surface area contributed by atoms with Gasteiger partial charge in [0.05, 0.1) is 5.56 Å². The average Bonchev–Trinajstić information content (AvgIpc) is 2.46. The molecular formula is C14H15N3O2. The number of hydrogen-bond donors (Lipinski definition) is 1. The molecule has 5 nitrogen and oxygen atoms in total. The molecule has 0 radical (unpaired) electrons. The molecule has 0 aliphatic carbocycles. The van der Waals surface area contributed by atoms with Gasteiger partial charge in [-0.05, 0) is 30.2 Å². The van der Waals surface area contributed by atoms with Crippen LogP contribution in [0.15, 0.2) is 36.7 Å². The minimum atomic E-state index is -0.947. The Morgan fingerprint density at radius 3 is 2.58 bits per heavy atom. The van der Waals surface area contributed by atoms with Gasteiger partial charge in [-0.1, -0.05) is 13.0 Å². The molecule has 0 unspecified atom stereocenters. The summed E-state index contributed by atoms with van der Waals surface area (Å²) in [5, 5.41) is 8.98. The van der Waals surface area contributed by atoms with E-state index >= 15 is 0 Å². The second-order valence-electron chi connectivity index (χ2n) is 4.16. The van der Waals surface area contributed by atoms with Gasteiger partial charge in [-0.3, -0.25) is 0 Å². The number of aromatic carboxylic acids is 1. The monoisotopic (exact) mass is 257 g/mol. The van der Waals surface area contributed by atoms with Crippen molar-refractivity contribution in [1.82, 2.24) is 9.97 Å². The molecule has 0 saturated carbocycles. The molecule has 0 amide bonds. The summed E-state index contributed by atoms with van der Waals surface area (Å²) in [6, 6.07) is 6.68. The molecule has 0 atom stereocenters. The number of aryl methyl sites for hydroxylation is 1. The van der Waals surface area contributed by atoms with Crippen LogP contribution >= 0.6 is 0 Å². The minimum absolute atomic E-state index is 0.245. The van der Waals surface area contributed by atoms with E-state index in [0.29, 0.717) is 5.95 Å². The molecule has 0 aliphatic rings. The van der Waals surface area contributed by atoms with Crippen molar-refractivity contribution in [2.75, 3.05) is 11.9 Å². The van der Waals surface area contributed by atoms with E-state index in [0.717, 1.165) is 17.7 Å². The Kier molecular flexibility index (Phi) is 3.75. The summed E-state index contributed by atoms with van der Waals surface area (Å²) in [6.07, 6.45) is 4.44. The van der Waals surface area contributed by atoms with Crippen molar-refractivity contribution < 1.29 is 9.90 Å². The molecule has 5 heteroatoms. The van der Waals surface area contributed by atoms with Crippen LogP contribution in [-0.2, 0) is 6.42 Å². The first kappa shape index (κ1) is 13.0. The molecule has 1 aromatic carbocycles. The molecule has 2 aromatic rings. The van der Waals surface area contributed by atoms with Crippen molar-refractivity contribution in [3.63, 3.8) is 0 Å². The summed E-state index contributed by atoms with van der Waals surface area (Å²) in [5.74, 6) is -0.405. The lowest BCUT2D eigenvalue weighted by Crippen LogP contribution is -2.13. The topological polar surface area (TPSA) is 66.3 Å². The van der Waals surface area contributed by atoms with Gasteiger partial charge in [-0.15, -0.1) is 0 Å². The van der Waals surface area contributed by atoms with Crippen molar-refractivity contribution in [2.45, 2.75) is 13.3 Å². The predicted molar refractivity (Wildman–Crippen MR) is 72.9 cm³/mol. The smallest absolute Gasteiger partial charge is 0.335 e. The van der Waals surface area contributed by atoms with Crippen LogP contribution in [0.2, 0.25) is 0 Å². The molecule has 98 valence electrons. The van der Waals surface area contributed by atoms with Crippen LogP contribution in [-0.4, -0.2) is 28.1 Å². The van der Waals surface area contributed by atoms with Gasteiger partial charge >= 0.3 is 5.97 Å². The van der Waals surface area contributed by atoms with Gasteiger partial charge in [-0.2, -0.15) is 0 Å². The third-order valence-electron chi connectivity index (χ3n) is 2.88. The molecule has 1 heterocycles. The Labute approximate surface area is 111 Å². The Hall–Kier alpha value is -2.43. The van der Waals surface area contributed by atoms with Gasteiger partial charge in [0.2, 0.25) is 5.95 Å². The van der Waals surface area contributed by atoms with Crippen molar-refractivity contribution in [1.29, 1.82) is 0 Å². The lowest BCUT2D eigenvalue weighted by Gasteiger charge is -2.17. The van der Waals surface area contributed by atoms with Crippen LogP contribution in [0.1, 0.15) is 22.8 Å². The van der Waals surface area contributed by atoms with E-state index in [9.17, 15) is 4.79 Å². The Morgan fingerprint density at radius 2 is 2.00 bits per heavy atom. The summed E-state index contributed by atoms with van der Waals surface area (Å²) >= 11 is 0. The van der Waals surface area contributed by atoms with E-state index in [4.69, 9.17) is 5.11 Å². The molecule has 0 fully saturated rings. The summed E-state index contributed by atoms with van der Waals surface area (Å²) in [5.41, 5.74) is 2.05. The first-order valence-electron chi connectivity index (χ1n) is 6.00. The average molecular weight is 257 g/mol. The van der Waals surface area contributed by atoms with Crippen LogP contribution < -0.4 is 4.90 Å². The number of aromatic nitrogens is 2. The number of carboxylic acids is 1. The molecular weight excluding hydrogens is 242 g/mol. The van der Waals surface area contributed by atoms with E-state index in [1.54, 1.807) is 35.5 Å². The van der Waals surface area contributed by atoms with Crippen LogP contribution in [0.5, 0.6) is 0 Å². The van der Waals surface area contributed by atoms with Gasteiger partial charge in [0.15, 0.2) is 0 Å². The number of anilines is 2. The van der Waals surface area contributed by atoms with E-state index in [1.165, 1.54) is 0 Å². The van der Waals surface area contributed by atoms with E-state index in [-0.39, 0.29) is 5.56 Å². The fourth-order valence-corrected chi connectivity index (χ4v) is 1.67. The molecule has 0 bridgehead atoms. The quantitative estimate of drug-likeness (QED) is 0.911. The van der Waals surface area contributed by atoms with Gasteiger partial charge < -0.3 is 10.0 Å². The third kappa shape index (κ3) is 2.88. The van der Waals surface area contributed by atoms with Crippen LogP contribution in [0.4, 0.5) is 11.6 Å². The number of carbonyl (C=O) groups is 1. The summed E-state index contributed by atoms with van der Waals surface area (Å²) < 4.78 is 0.